The number of fused-ring (bicyclic) bond motifs is 2. The van der Waals surface area contributed by atoms with E-state index >= 15 is 0 Å². The molecule has 41 heavy (non-hydrogen) atoms. The Balaban J connectivity index is 1.25. The molecule has 3 aliphatic rings. The van der Waals surface area contributed by atoms with Crippen LogP contribution >= 0.6 is 0 Å². The Morgan fingerprint density at radius 1 is 1.05 bits per heavy atom. The molecule has 1 saturated heterocycles. The van der Waals surface area contributed by atoms with Crippen LogP contribution in [-0.4, -0.2) is 72.5 Å². The van der Waals surface area contributed by atoms with Crippen LogP contribution < -0.4 is 4.74 Å². The summed E-state index contributed by atoms with van der Waals surface area (Å²) < 4.78 is 11.9. The van der Waals surface area contributed by atoms with Crippen LogP contribution in [-0.2, 0) is 11.2 Å². The number of hydrogen-bond acceptors (Lipinski definition) is 6. The van der Waals surface area contributed by atoms with Gasteiger partial charge in [-0.05, 0) is 107 Å². The van der Waals surface area contributed by atoms with Crippen molar-refractivity contribution in [2.24, 2.45) is 10.9 Å². The normalized spacial score (nSPS) is 23.7. The van der Waals surface area contributed by atoms with Crippen molar-refractivity contribution in [2.45, 2.75) is 78.9 Å². The summed E-state index contributed by atoms with van der Waals surface area (Å²) in [5, 5.41) is 0. The average Bonchev–Trinajstić information content (AvgIpc) is 3.11. The van der Waals surface area contributed by atoms with Crippen molar-refractivity contribution in [3.05, 3.63) is 65.0 Å². The summed E-state index contributed by atoms with van der Waals surface area (Å²) in [5.74, 6) is 1.18. The van der Waals surface area contributed by atoms with Gasteiger partial charge < -0.3 is 19.3 Å². The molecule has 3 heterocycles. The van der Waals surface area contributed by atoms with Crippen molar-refractivity contribution >= 4 is 11.9 Å². The van der Waals surface area contributed by atoms with Gasteiger partial charge in [-0.3, -0.25) is 4.99 Å². The van der Waals surface area contributed by atoms with Crippen LogP contribution in [0.1, 0.15) is 65.9 Å². The highest BCUT2D eigenvalue weighted by molar-refractivity contribution is 5.84. The lowest BCUT2D eigenvalue weighted by atomic mass is 9.85. The highest BCUT2D eigenvalue weighted by atomic mass is 16.5. The minimum atomic E-state index is 0.272. The lowest BCUT2D eigenvalue weighted by Gasteiger charge is -2.39. The molecule has 6 heteroatoms. The van der Waals surface area contributed by atoms with Crippen LogP contribution in [0.2, 0.25) is 0 Å². The molecule has 0 spiro atoms. The van der Waals surface area contributed by atoms with Crippen molar-refractivity contribution in [1.82, 2.24) is 14.8 Å². The lowest BCUT2D eigenvalue weighted by molar-refractivity contribution is -0.0590. The maximum Gasteiger partial charge on any atom is 0.213 e. The molecule has 0 amide bonds. The quantitative estimate of drug-likeness (QED) is 0.305. The van der Waals surface area contributed by atoms with Gasteiger partial charge in [-0.1, -0.05) is 31.6 Å². The van der Waals surface area contributed by atoms with Gasteiger partial charge in [-0.25, -0.2) is 4.98 Å². The number of hydrogen-bond donors (Lipinski definition) is 0. The van der Waals surface area contributed by atoms with Gasteiger partial charge in [0.05, 0.1) is 24.5 Å². The number of morpholine rings is 1. The molecule has 1 aromatic heterocycles. The summed E-state index contributed by atoms with van der Waals surface area (Å²) in [5.41, 5.74) is 9.06. The van der Waals surface area contributed by atoms with Gasteiger partial charge >= 0.3 is 0 Å². The van der Waals surface area contributed by atoms with Crippen LogP contribution in [0, 0.1) is 5.92 Å². The van der Waals surface area contributed by atoms with Gasteiger partial charge in [0.25, 0.3) is 0 Å². The minimum Gasteiger partial charge on any atom is -0.478 e. The van der Waals surface area contributed by atoms with Crippen molar-refractivity contribution < 1.29 is 9.47 Å². The number of aromatic nitrogens is 1. The van der Waals surface area contributed by atoms with Gasteiger partial charge in [0.1, 0.15) is 0 Å². The van der Waals surface area contributed by atoms with E-state index in [0.717, 1.165) is 76.1 Å². The van der Waals surface area contributed by atoms with E-state index in [4.69, 9.17) is 14.5 Å². The molecule has 2 aliphatic heterocycles. The molecule has 2 aromatic rings. The predicted octanol–water partition coefficient (Wildman–Crippen LogP) is 7.23. The topological polar surface area (TPSA) is 50.2 Å². The second-order valence-electron chi connectivity index (χ2n) is 12.0. The first-order chi connectivity index (χ1) is 19.9. The van der Waals surface area contributed by atoms with Gasteiger partial charge in [-0.15, -0.1) is 0 Å². The molecule has 0 N–H and O–H groups in total. The molecule has 1 unspecified atom stereocenters. The van der Waals surface area contributed by atoms with Gasteiger partial charge in [0, 0.05) is 49.4 Å². The van der Waals surface area contributed by atoms with E-state index in [-0.39, 0.29) is 12.2 Å². The lowest BCUT2D eigenvalue weighted by Crippen LogP contribution is -2.45. The number of aliphatic imine (C=N–C) groups is 1. The molecule has 5 rings (SSSR count). The van der Waals surface area contributed by atoms with E-state index in [0.29, 0.717) is 18.4 Å². The first kappa shape index (κ1) is 29.5. The van der Waals surface area contributed by atoms with E-state index in [9.17, 15) is 0 Å². The largest absolute Gasteiger partial charge is 0.478 e. The fourth-order valence-corrected chi connectivity index (χ4v) is 6.53. The number of nitrogens with zero attached hydrogens (tertiary/aromatic N) is 4. The molecule has 1 fully saturated rings. The maximum atomic E-state index is 6.02. The summed E-state index contributed by atoms with van der Waals surface area (Å²) in [7, 11) is 0. The number of benzene rings is 1. The first-order valence-electron chi connectivity index (χ1n) is 15.7. The zero-order chi connectivity index (χ0) is 28.8. The molecule has 0 bridgehead atoms. The molecule has 0 radical (unpaired) electrons. The van der Waals surface area contributed by atoms with Crippen LogP contribution in [0.3, 0.4) is 0 Å². The zero-order valence-corrected chi connectivity index (χ0v) is 25.7. The van der Waals surface area contributed by atoms with Crippen molar-refractivity contribution in [2.75, 3.05) is 39.3 Å². The Bertz CT molecular complexity index is 1250. The summed E-state index contributed by atoms with van der Waals surface area (Å²) in [4.78, 5) is 14.6. The standard InChI is InChI=1S/C35H48N4O2/c1-6-38(7-2)17-8-18-40-35-16-13-31(21-37-35)28-12-15-34-30(19-28)11-10-29-20-32(14-9-25(3)33(29)22-36-34)39-23-26(4)41-27(5)24-39/h12-16,19,21-22,26-27,29H,6-11,17-18,20,23-24H2,1-5H3/b36-22-/t26-,27+,29?. The van der Waals surface area contributed by atoms with Crippen LogP contribution in [0.15, 0.2) is 64.4 Å². The van der Waals surface area contributed by atoms with Gasteiger partial charge in [-0.2, -0.15) is 0 Å². The Kier molecular flexibility index (Phi) is 9.94. The van der Waals surface area contributed by atoms with Crippen molar-refractivity contribution in [3.8, 4) is 17.0 Å². The van der Waals surface area contributed by atoms with E-state index in [1.807, 2.05) is 12.3 Å². The third-order valence-corrected chi connectivity index (χ3v) is 8.87. The highest BCUT2D eigenvalue weighted by Crippen LogP contribution is 2.37. The van der Waals surface area contributed by atoms with Gasteiger partial charge in [0.2, 0.25) is 5.88 Å². The second kappa shape index (κ2) is 13.8. The van der Waals surface area contributed by atoms with Crippen LogP contribution in [0.5, 0.6) is 5.88 Å². The Morgan fingerprint density at radius 3 is 2.56 bits per heavy atom. The number of ether oxygens (including phenoxy) is 2. The minimum absolute atomic E-state index is 0.272. The summed E-state index contributed by atoms with van der Waals surface area (Å²) in [6.07, 6.45) is 12.3. The van der Waals surface area contributed by atoms with Gasteiger partial charge in [0.15, 0.2) is 0 Å². The summed E-state index contributed by atoms with van der Waals surface area (Å²) in [6, 6.07) is 10.8. The first-order valence-corrected chi connectivity index (χ1v) is 15.7. The van der Waals surface area contributed by atoms with Crippen molar-refractivity contribution in [3.63, 3.8) is 0 Å². The van der Waals surface area contributed by atoms with E-state index < -0.39 is 0 Å². The molecule has 3 atom stereocenters. The molecule has 1 aromatic carbocycles. The third kappa shape index (κ3) is 7.47. The molecule has 220 valence electrons. The Labute approximate surface area is 247 Å². The van der Waals surface area contributed by atoms with E-state index in [1.165, 1.54) is 28.0 Å². The Morgan fingerprint density at radius 2 is 1.83 bits per heavy atom. The number of aryl methyl sites for hydroxylation is 1. The molecule has 0 saturated carbocycles. The van der Waals surface area contributed by atoms with Crippen LogP contribution in [0.25, 0.3) is 11.1 Å². The van der Waals surface area contributed by atoms with Crippen LogP contribution in [0.4, 0.5) is 5.69 Å². The smallest absolute Gasteiger partial charge is 0.213 e. The summed E-state index contributed by atoms with van der Waals surface area (Å²) >= 11 is 0. The van der Waals surface area contributed by atoms with Crippen molar-refractivity contribution in [1.29, 1.82) is 0 Å². The number of allylic oxidation sites excluding steroid dienone is 4. The monoisotopic (exact) mass is 556 g/mol. The highest BCUT2D eigenvalue weighted by Gasteiger charge is 2.28. The predicted molar refractivity (Wildman–Crippen MR) is 169 cm³/mol. The average molecular weight is 557 g/mol. The number of pyridine rings is 1. The third-order valence-electron chi connectivity index (χ3n) is 8.87. The SMILES string of the molecule is CCN(CC)CCCOc1ccc(-c2ccc3c(c2)CCC2CC(N4C[C@@H](C)O[C@@H](C)C4)=CCC(C)=C2/C=N\3)cn1. The summed E-state index contributed by atoms with van der Waals surface area (Å²) in [6.45, 7) is 16.9. The molecular formula is C35H48N4O2. The molecule has 6 nitrogen and oxygen atoms in total. The van der Waals surface area contributed by atoms with E-state index in [2.05, 4.69) is 86.0 Å². The van der Waals surface area contributed by atoms with E-state index in [1.54, 1.807) is 0 Å². The fourth-order valence-electron chi connectivity index (χ4n) is 6.53. The fraction of sp³-hybridized carbons (Fsp3) is 0.543. The maximum absolute atomic E-state index is 6.02. The number of rotatable bonds is 9. The second-order valence-corrected chi connectivity index (χ2v) is 12.0. The molecule has 1 aliphatic carbocycles. The molecular weight excluding hydrogens is 508 g/mol. The Hall–Kier alpha value is -2.96. The zero-order valence-electron chi connectivity index (χ0n) is 25.7.